The first kappa shape index (κ1) is 18.4. The third-order valence-electron chi connectivity index (χ3n) is 6.18. The zero-order valence-electron chi connectivity index (χ0n) is 16.7. The maximum Gasteiger partial charge on any atom is 0.253 e. The fourth-order valence-electron chi connectivity index (χ4n) is 4.64. The number of fused-ring (bicyclic) bond motifs is 2. The largest absolute Gasteiger partial charge is 0.497 e. The van der Waals surface area contributed by atoms with Gasteiger partial charge in [0.1, 0.15) is 5.75 Å². The van der Waals surface area contributed by atoms with Crippen LogP contribution in [0.1, 0.15) is 22.3 Å². The molecule has 5 heteroatoms. The Balaban J connectivity index is 1.49. The first-order valence-electron chi connectivity index (χ1n) is 10.1. The molecule has 0 bridgehead atoms. The molecule has 1 spiro atoms. The molecule has 0 aliphatic carbocycles. The fourth-order valence-corrected chi connectivity index (χ4v) is 4.64. The molecule has 1 saturated heterocycles. The van der Waals surface area contributed by atoms with Crippen LogP contribution in [0.2, 0.25) is 0 Å². The molecule has 0 radical (unpaired) electrons. The van der Waals surface area contributed by atoms with Crippen molar-refractivity contribution >= 4 is 23.2 Å². The predicted octanol–water partition coefficient (Wildman–Crippen LogP) is 4.16. The molecule has 30 heavy (non-hydrogen) atoms. The summed E-state index contributed by atoms with van der Waals surface area (Å²) < 4.78 is 5.18. The van der Waals surface area contributed by atoms with E-state index in [-0.39, 0.29) is 11.8 Å². The molecule has 5 nitrogen and oxygen atoms in total. The van der Waals surface area contributed by atoms with Gasteiger partial charge in [0.2, 0.25) is 5.91 Å². The second-order valence-electron chi connectivity index (χ2n) is 7.78. The molecule has 1 atom stereocenters. The van der Waals surface area contributed by atoms with Crippen LogP contribution in [0.15, 0.2) is 78.9 Å². The van der Waals surface area contributed by atoms with Crippen molar-refractivity contribution in [1.29, 1.82) is 0 Å². The number of ether oxygens (including phenoxy) is 1. The van der Waals surface area contributed by atoms with Crippen LogP contribution in [0.25, 0.3) is 0 Å². The van der Waals surface area contributed by atoms with Gasteiger partial charge in [-0.2, -0.15) is 0 Å². The van der Waals surface area contributed by atoms with Crippen LogP contribution in [0.3, 0.4) is 0 Å². The summed E-state index contributed by atoms with van der Waals surface area (Å²) in [6.45, 7) is 0.935. The van der Waals surface area contributed by atoms with E-state index in [1.165, 1.54) is 0 Å². The number of methoxy groups -OCH3 is 1. The van der Waals surface area contributed by atoms with Gasteiger partial charge in [0, 0.05) is 24.3 Å². The number of hydrogen-bond donors (Lipinski definition) is 0. The summed E-state index contributed by atoms with van der Waals surface area (Å²) in [4.78, 5) is 30.5. The topological polar surface area (TPSA) is 49.9 Å². The molecule has 1 unspecified atom stereocenters. The number of carbonyl (C=O) groups excluding carboxylic acids is 2. The summed E-state index contributed by atoms with van der Waals surface area (Å²) in [6, 6.07) is 24.8. The average Bonchev–Trinajstić information content (AvgIpc) is 3.35. The average molecular weight is 398 g/mol. The van der Waals surface area contributed by atoms with E-state index in [0.29, 0.717) is 30.8 Å². The molecule has 3 aromatic carbocycles. The summed E-state index contributed by atoms with van der Waals surface area (Å²) in [5, 5.41) is 0. The van der Waals surface area contributed by atoms with Crippen LogP contribution in [0.4, 0.5) is 11.4 Å². The molecule has 2 amide bonds. The van der Waals surface area contributed by atoms with Crippen molar-refractivity contribution in [2.24, 2.45) is 0 Å². The minimum absolute atomic E-state index is 0.0416. The van der Waals surface area contributed by atoms with E-state index in [4.69, 9.17) is 4.74 Å². The van der Waals surface area contributed by atoms with Crippen molar-refractivity contribution in [2.45, 2.75) is 11.8 Å². The molecule has 2 aliphatic heterocycles. The third-order valence-corrected chi connectivity index (χ3v) is 6.18. The van der Waals surface area contributed by atoms with Crippen LogP contribution >= 0.6 is 0 Å². The Morgan fingerprint density at radius 2 is 1.63 bits per heavy atom. The number of likely N-dealkylation sites (tertiary alicyclic amines) is 1. The normalized spacial score (nSPS) is 20.0. The smallest absolute Gasteiger partial charge is 0.253 e. The SMILES string of the molecule is COc1ccc(C(=O)N2CCC3(C2)C(=O)N(c2ccccc2)c2ccccc23)cc1. The second-order valence-corrected chi connectivity index (χ2v) is 7.78. The van der Waals surface area contributed by atoms with E-state index in [1.54, 1.807) is 41.2 Å². The number of carbonyl (C=O) groups is 2. The van der Waals surface area contributed by atoms with Gasteiger partial charge >= 0.3 is 0 Å². The van der Waals surface area contributed by atoms with Crippen LogP contribution in [0.5, 0.6) is 5.75 Å². The summed E-state index contributed by atoms with van der Waals surface area (Å²) in [6.07, 6.45) is 0.619. The monoisotopic (exact) mass is 398 g/mol. The highest BCUT2D eigenvalue weighted by Crippen LogP contribution is 2.50. The Hall–Kier alpha value is -3.60. The first-order chi connectivity index (χ1) is 14.6. The second kappa shape index (κ2) is 7.02. The number of hydrogen-bond acceptors (Lipinski definition) is 3. The molecule has 0 N–H and O–H groups in total. The Morgan fingerprint density at radius 1 is 0.933 bits per heavy atom. The van der Waals surface area contributed by atoms with Crippen molar-refractivity contribution in [2.75, 3.05) is 25.1 Å². The van der Waals surface area contributed by atoms with Gasteiger partial charge < -0.3 is 9.64 Å². The number of para-hydroxylation sites is 2. The van der Waals surface area contributed by atoms with Crippen molar-refractivity contribution in [3.63, 3.8) is 0 Å². The lowest BCUT2D eigenvalue weighted by molar-refractivity contribution is -0.122. The van der Waals surface area contributed by atoms with Crippen molar-refractivity contribution in [3.05, 3.63) is 90.0 Å². The minimum Gasteiger partial charge on any atom is -0.497 e. The maximum atomic E-state index is 13.7. The number of amides is 2. The molecule has 0 saturated carbocycles. The minimum atomic E-state index is -0.700. The van der Waals surface area contributed by atoms with Gasteiger partial charge in [-0.05, 0) is 54.4 Å². The van der Waals surface area contributed by atoms with E-state index in [2.05, 4.69) is 0 Å². The molecule has 3 aromatic rings. The van der Waals surface area contributed by atoms with Crippen LogP contribution in [0, 0.1) is 0 Å². The van der Waals surface area contributed by atoms with Gasteiger partial charge in [-0.15, -0.1) is 0 Å². The lowest BCUT2D eigenvalue weighted by Gasteiger charge is -2.24. The van der Waals surface area contributed by atoms with E-state index in [9.17, 15) is 9.59 Å². The maximum absolute atomic E-state index is 13.7. The Bertz CT molecular complexity index is 1110. The van der Waals surface area contributed by atoms with Gasteiger partial charge in [0.25, 0.3) is 5.91 Å². The Labute approximate surface area is 175 Å². The third kappa shape index (κ3) is 2.70. The molecule has 1 fully saturated rings. The molecular formula is C25H22N2O3. The number of benzene rings is 3. The molecule has 2 heterocycles. The standard InChI is InChI=1S/C25H22N2O3/c1-30-20-13-11-18(12-14-20)23(28)26-16-15-25(17-26)21-9-5-6-10-22(21)27(24(25)29)19-7-3-2-4-8-19/h2-14H,15-17H2,1H3. The van der Waals surface area contributed by atoms with E-state index in [1.807, 2.05) is 54.6 Å². The zero-order chi connectivity index (χ0) is 20.7. The number of anilines is 2. The highest BCUT2D eigenvalue weighted by molar-refractivity contribution is 6.13. The molecular weight excluding hydrogens is 376 g/mol. The number of nitrogens with zero attached hydrogens (tertiary/aromatic N) is 2. The summed E-state index contributed by atoms with van der Waals surface area (Å²) in [5.74, 6) is 0.695. The molecule has 2 aliphatic rings. The summed E-state index contributed by atoms with van der Waals surface area (Å²) in [5.41, 5.74) is 2.67. The highest BCUT2D eigenvalue weighted by atomic mass is 16.5. The summed E-state index contributed by atoms with van der Waals surface area (Å²) >= 11 is 0. The van der Waals surface area contributed by atoms with Crippen LogP contribution in [-0.2, 0) is 10.2 Å². The van der Waals surface area contributed by atoms with Crippen LogP contribution < -0.4 is 9.64 Å². The fraction of sp³-hybridized carbons (Fsp3) is 0.200. The molecule has 0 aromatic heterocycles. The summed E-state index contributed by atoms with van der Waals surface area (Å²) in [7, 11) is 1.60. The molecule has 5 rings (SSSR count). The van der Waals surface area contributed by atoms with Gasteiger partial charge in [-0.25, -0.2) is 0 Å². The predicted molar refractivity (Wildman–Crippen MR) is 115 cm³/mol. The van der Waals surface area contributed by atoms with Gasteiger partial charge in [-0.1, -0.05) is 36.4 Å². The first-order valence-corrected chi connectivity index (χ1v) is 10.1. The van der Waals surface area contributed by atoms with E-state index < -0.39 is 5.41 Å². The lowest BCUT2D eigenvalue weighted by atomic mass is 9.81. The lowest BCUT2D eigenvalue weighted by Crippen LogP contribution is -2.41. The van der Waals surface area contributed by atoms with Crippen molar-refractivity contribution < 1.29 is 14.3 Å². The van der Waals surface area contributed by atoms with Crippen molar-refractivity contribution in [1.82, 2.24) is 4.90 Å². The van der Waals surface area contributed by atoms with E-state index in [0.717, 1.165) is 16.9 Å². The zero-order valence-corrected chi connectivity index (χ0v) is 16.7. The van der Waals surface area contributed by atoms with Gasteiger partial charge in [-0.3, -0.25) is 14.5 Å². The Morgan fingerprint density at radius 3 is 2.37 bits per heavy atom. The molecule has 150 valence electrons. The number of rotatable bonds is 3. The van der Waals surface area contributed by atoms with Gasteiger partial charge in [0.15, 0.2) is 0 Å². The quantitative estimate of drug-likeness (QED) is 0.666. The van der Waals surface area contributed by atoms with Crippen LogP contribution in [-0.4, -0.2) is 36.9 Å². The van der Waals surface area contributed by atoms with E-state index >= 15 is 0 Å². The van der Waals surface area contributed by atoms with Crippen molar-refractivity contribution in [3.8, 4) is 5.75 Å². The van der Waals surface area contributed by atoms with Gasteiger partial charge in [0.05, 0.1) is 18.2 Å². The Kier molecular flexibility index (Phi) is 4.31. The highest BCUT2D eigenvalue weighted by Gasteiger charge is 2.55.